The van der Waals surface area contributed by atoms with E-state index in [0.29, 0.717) is 33.5 Å². The first-order chi connectivity index (χ1) is 11.9. The van der Waals surface area contributed by atoms with E-state index >= 15 is 0 Å². The van der Waals surface area contributed by atoms with Crippen LogP contribution in [0.5, 0.6) is 5.75 Å². The molecule has 25 heavy (non-hydrogen) atoms. The van der Waals surface area contributed by atoms with Crippen LogP contribution in [0.1, 0.15) is 22.5 Å². The summed E-state index contributed by atoms with van der Waals surface area (Å²) >= 11 is 0. The van der Waals surface area contributed by atoms with Crippen molar-refractivity contribution in [2.75, 3.05) is 0 Å². The van der Waals surface area contributed by atoms with Crippen molar-refractivity contribution in [2.24, 2.45) is 0 Å². The summed E-state index contributed by atoms with van der Waals surface area (Å²) in [6.45, 7) is 1.07. The van der Waals surface area contributed by atoms with Gasteiger partial charge in [-0.2, -0.15) is 0 Å². The van der Waals surface area contributed by atoms with Crippen molar-refractivity contribution in [2.45, 2.75) is 25.8 Å². The first-order valence-electron chi connectivity index (χ1n) is 7.49. The molecule has 132 valence electrons. The number of para-hydroxylation sites is 1. The number of aromatic hydroxyl groups is 1. The zero-order valence-electron chi connectivity index (χ0n) is 13.4. The average molecular weight is 363 g/mol. The minimum atomic E-state index is -3.73. The Balaban J connectivity index is 1.80. The first kappa shape index (κ1) is 17.3. The Morgan fingerprint density at radius 3 is 2.80 bits per heavy atom. The van der Waals surface area contributed by atoms with E-state index < -0.39 is 10.0 Å². The second-order valence-corrected chi connectivity index (χ2v) is 7.37. The molecule has 0 amide bonds. The van der Waals surface area contributed by atoms with Crippen molar-refractivity contribution in [3.8, 4) is 5.75 Å². The maximum atomic E-state index is 12.4. The van der Waals surface area contributed by atoms with Gasteiger partial charge in [0.25, 0.3) is 0 Å². The molecule has 2 aromatic heterocycles. The van der Waals surface area contributed by atoms with Crippen LogP contribution in [-0.2, 0) is 28.9 Å². The number of rotatable bonds is 6. The van der Waals surface area contributed by atoms with Gasteiger partial charge in [0, 0.05) is 29.3 Å². The molecule has 0 unspecified atom stereocenters. The Morgan fingerprint density at radius 1 is 1.28 bits per heavy atom. The van der Waals surface area contributed by atoms with Crippen molar-refractivity contribution in [1.82, 2.24) is 14.9 Å². The van der Waals surface area contributed by atoms with Crippen LogP contribution < -0.4 is 4.72 Å². The normalized spacial score (nSPS) is 11.9. The van der Waals surface area contributed by atoms with Crippen molar-refractivity contribution in [1.29, 1.82) is 0 Å². The fourth-order valence-corrected chi connectivity index (χ4v) is 3.51. The monoisotopic (exact) mass is 363 g/mol. The van der Waals surface area contributed by atoms with Crippen LogP contribution in [0.15, 0.2) is 35.0 Å². The predicted octanol–water partition coefficient (Wildman–Crippen LogP) is 1.35. The molecule has 2 heterocycles. The van der Waals surface area contributed by atoms with E-state index in [9.17, 15) is 18.6 Å². The van der Waals surface area contributed by atoms with Crippen LogP contribution >= 0.6 is 0 Å². The Hall–Kier alpha value is -2.49. The number of nitrogens with one attached hydrogen (secondary N) is 1. The molecule has 0 aliphatic carbocycles. The van der Waals surface area contributed by atoms with Gasteiger partial charge in [0.05, 0.1) is 12.3 Å². The molecule has 0 aliphatic heterocycles. The third kappa shape index (κ3) is 3.63. The quantitative estimate of drug-likeness (QED) is 0.603. The first-order valence-corrected chi connectivity index (χ1v) is 9.14. The highest BCUT2D eigenvalue weighted by Gasteiger charge is 2.19. The van der Waals surface area contributed by atoms with Crippen LogP contribution in [0.4, 0.5) is 0 Å². The molecule has 0 spiro atoms. The maximum absolute atomic E-state index is 12.4. The second-order valence-electron chi connectivity index (χ2n) is 5.56. The smallest absolute Gasteiger partial charge is 0.217 e. The number of hydrogen-bond donors (Lipinski definition) is 3. The predicted molar refractivity (Wildman–Crippen MR) is 90.0 cm³/mol. The Bertz CT molecular complexity index is 1010. The van der Waals surface area contributed by atoms with Crippen LogP contribution in [0, 0.1) is 6.92 Å². The fourth-order valence-electron chi connectivity index (χ4n) is 2.47. The number of aliphatic hydroxyl groups excluding tert-OH is 1. The van der Waals surface area contributed by atoms with Gasteiger partial charge in [0.2, 0.25) is 10.0 Å². The van der Waals surface area contributed by atoms with Gasteiger partial charge >= 0.3 is 0 Å². The molecule has 1 aromatic carbocycles. The topological polar surface area (TPSA) is 126 Å². The molecule has 9 heteroatoms. The molecule has 0 radical (unpaired) electrons. The molecule has 0 bridgehead atoms. The fraction of sp³-hybridized carbons (Fsp3) is 0.250. The summed E-state index contributed by atoms with van der Waals surface area (Å²) in [5, 5.41) is 23.8. The molecule has 0 saturated heterocycles. The highest BCUT2D eigenvalue weighted by atomic mass is 32.2. The van der Waals surface area contributed by atoms with Crippen molar-refractivity contribution in [3.05, 3.63) is 53.0 Å². The van der Waals surface area contributed by atoms with Crippen LogP contribution in [0.3, 0.4) is 0 Å². The number of nitrogens with zero attached hydrogens (tertiary/aromatic N) is 2. The van der Waals surface area contributed by atoms with E-state index in [-0.39, 0.29) is 24.7 Å². The number of aryl methyl sites for hydroxylation is 1. The van der Waals surface area contributed by atoms with Gasteiger partial charge in [-0.1, -0.05) is 17.3 Å². The number of fused-ring (bicyclic) bond motifs is 1. The lowest BCUT2D eigenvalue weighted by atomic mass is 10.1. The van der Waals surface area contributed by atoms with E-state index in [1.165, 1.54) is 6.20 Å². The van der Waals surface area contributed by atoms with Crippen LogP contribution in [0.25, 0.3) is 11.0 Å². The van der Waals surface area contributed by atoms with E-state index in [2.05, 4.69) is 14.9 Å². The van der Waals surface area contributed by atoms with Crippen LogP contribution in [0.2, 0.25) is 0 Å². The number of benzene rings is 1. The van der Waals surface area contributed by atoms with Crippen molar-refractivity contribution in [3.63, 3.8) is 0 Å². The minimum Gasteiger partial charge on any atom is -0.506 e. The van der Waals surface area contributed by atoms with E-state index in [1.54, 1.807) is 31.2 Å². The molecule has 0 aliphatic rings. The van der Waals surface area contributed by atoms with Gasteiger partial charge in [-0.15, -0.1) is 0 Å². The summed E-state index contributed by atoms with van der Waals surface area (Å²) in [5.74, 6) is -0.496. The Kier molecular flexibility index (Phi) is 4.71. The molecule has 8 nitrogen and oxygen atoms in total. The summed E-state index contributed by atoms with van der Waals surface area (Å²) < 4.78 is 32.2. The standard InChI is InChI=1S/C16H17N3O5S/c1-10-16(21)13(11(8-20)6-17-10)7-18-25(22,23)9-14-12-4-2-3-5-15(12)24-19-14/h2-6,18,20-21H,7-9H2,1H3. The van der Waals surface area contributed by atoms with Gasteiger partial charge in [0.1, 0.15) is 17.2 Å². The molecular weight excluding hydrogens is 346 g/mol. The lowest BCUT2D eigenvalue weighted by Crippen LogP contribution is -2.25. The van der Waals surface area contributed by atoms with Gasteiger partial charge < -0.3 is 14.7 Å². The van der Waals surface area contributed by atoms with Gasteiger partial charge in [-0.3, -0.25) is 4.98 Å². The number of sulfonamides is 1. The Morgan fingerprint density at radius 2 is 2.04 bits per heavy atom. The summed E-state index contributed by atoms with van der Waals surface area (Å²) in [6, 6.07) is 6.99. The highest BCUT2D eigenvalue weighted by molar-refractivity contribution is 7.88. The van der Waals surface area contributed by atoms with Crippen molar-refractivity contribution < 1.29 is 23.2 Å². The zero-order valence-corrected chi connectivity index (χ0v) is 14.2. The SMILES string of the molecule is Cc1ncc(CO)c(CNS(=O)(=O)Cc2noc3ccccc23)c1O. The van der Waals surface area contributed by atoms with E-state index in [1.807, 2.05) is 0 Å². The molecule has 0 fully saturated rings. The zero-order chi connectivity index (χ0) is 18.0. The lowest BCUT2D eigenvalue weighted by molar-refractivity contribution is 0.279. The Labute approximate surface area is 144 Å². The molecule has 0 saturated carbocycles. The summed E-state index contributed by atoms with van der Waals surface area (Å²) in [5.41, 5.74) is 1.83. The largest absolute Gasteiger partial charge is 0.506 e. The van der Waals surface area contributed by atoms with E-state index in [4.69, 9.17) is 4.52 Å². The van der Waals surface area contributed by atoms with Gasteiger partial charge in [-0.05, 0) is 19.1 Å². The highest BCUT2D eigenvalue weighted by Crippen LogP contribution is 2.24. The molecule has 0 atom stereocenters. The summed E-state index contributed by atoms with van der Waals surface area (Å²) in [4.78, 5) is 3.94. The number of hydrogen-bond acceptors (Lipinski definition) is 7. The molecule has 3 rings (SSSR count). The third-order valence-electron chi connectivity index (χ3n) is 3.85. The average Bonchev–Trinajstić information content (AvgIpc) is 2.98. The number of aromatic nitrogens is 2. The molecular formula is C16H17N3O5S. The second kappa shape index (κ2) is 6.79. The number of aliphatic hydroxyl groups is 1. The van der Waals surface area contributed by atoms with E-state index in [0.717, 1.165) is 0 Å². The molecule has 3 N–H and O–H groups in total. The lowest BCUT2D eigenvalue weighted by Gasteiger charge is -2.12. The van der Waals surface area contributed by atoms with Gasteiger partial charge in [0.15, 0.2) is 5.58 Å². The van der Waals surface area contributed by atoms with Crippen LogP contribution in [-0.4, -0.2) is 28.8 Å². The summed E-state index contributed by atoms with van der Waals surface area (Å²) in [7, 11) is -3.73. The minimum absolute atomic E-state index is 0.138. The van der Waals surface area contributed by atoms with Gasteiger partial charge in [-0.25, -0.2) is 13.1 Å². The number of pyridine rings is 1. The third-order valence-corrected chi connectivity index (χ3v) is 5.09. The van der Waals surface area contributed by atoms with Crippen molar-refractivity contribution >= 4 is 21.0 Å². The maximum Gasteiger partial charge on any atom is 0.217 e. The molecule has 3 aromatic rings. The summed E-state index contributed by atoms with van der Waals surface area (Å²) in [6.07, 6.45) is 1.41.